The molecule has 1 N–H and O–H groups in total. The molecule has 3 heterocycles. The number of ether oxygens (including phenoxy) is 2. The van der Waals surface area contributed by atoms with Crippen molar-refractivity contribution in [1.29, 1.82) is 0 Å². The van der Waals surface area contributed by atoms with Crippen LogP contribution in [0.25, 0.3) is 10.9 Å². The summed E-state index contributed by atoms with van der Waals surface area (Å²) in [6, 6.07) is 9.97. The summed E-state index contributed by atoms with van der Waals surface area (Å²) < 4.78 is 13.3. The molecule has 0 spiro atoms. The third-order valence-electron chi connectivity index (χ3n) is 7.77. The molecule has 1 saturated heterocycles. The van der Waals surface area contributed by atoms with Crippen molar-refractivity contribution < 1.29 is 19.1 Å². The highest BCUT2D eigenvalue weighted by atomic mass is 16.6. The van der Waals surface area contributed by atoms with Gasteiger partial charge < -0.3 is 23.9 Å². The first-order chi connectivity index (χ1) is 18.4. The number of nitrogens with one attached hydrogen (secondary N) is 1. The molecular formula is C31H41N3O5. The minimum atomic E-state index is -0.510. The number of H-pyrrole nitrogens is 1. The second-order valence-corrected chi connectivity index (χ2v) is 11.6. The predicted molar refractivity (Wildman–Crippen MR) is 153 cm³/mol. The Morgan fingerprint density at radius 3 is 2.44 bits per heavy atom. The number of aromatic amines is 1. The van der Waals surface area contributed by atoms with E-state index >= 15 is 0 Å². The average Bonchev–Trinajstić information content (AvgIpc) is 3.17. The fourth-order valence-corrected chi connectivity index (χ4v) is 5.84. The minimum Gasteiger partial charge on any atom is -0.496 e. The number of carbonyl (C=O) groups excluding carboxylic acids is 2. The second-order valence-electron chi connectivity index (χ2n) is 11.6. The summed E-state index contributed by atoms with van der Waals surface area (Å²) in [6.07, 6.45) is 1.99. The molecular weight excluding hydrogens is 494 g/mol. The number of likely N-dealkylation sites (tertiary alicyclic amines) is 1. The molecule has 1 aliphatic heterocycles. The highest BCUT2D eigenvalue weighted by Crippen LogP contribution is 2.36. The molecule has 8 heteroatoms. The number of methoxy groups -OCH3 is 1. The summed E-state index contributed by atoms with van der Waals surface area (Å²) in [5, 5.41) is 0.933. The minimum absolute atomic E-state index is 0.0106. The van der Waals surface area contributed by atoms with E-state index in [9.17, 15) is 14.4 Å². The summed E-state index contributed by atoms with van der Waals surface area (Å²) in [6.45, 7) is 13.0. The molecule has 210 valence electrons. The smallest absolute Gasteiger partial charge is 0.410 e. The third-order valence-corrected chi connectivity index (χ3v) is 7.77. The van der Waals surface area contributed by atoms with Gasteiger partial charge in [0.25, 0.3) is 5.56 Å². The molecule has 1 atom stereocenters. The zero-order valence-electron chi connectivity index (χ0n) is 24.2. The number of para-hydroxylation sites is 1. The summed E-state index contributed by atoms with van der Waals surface area (Å²) in [5.74, 6) is 0.877. The van der Waals surface area contributed by atoms with Crippen molar-refractivity contribution in [3.8, 4) is 5.75 Å². The van der Waals surface area contributed by atoms with E-state index in [2.05, 4.69) is 22.5 Å². The molecule has 2 aromatic heterocycles. The van der Waals surface area contributed by atoms with Crippen LogP contribution in [-0.2, 0) is 11.2 Å². The highest BCUT2D eigenvalue weighted by Gasteiger charge is 2.32. The Balaban J connectivity index is 1.55. The molecule has 1 amide bonds. The van der Waals surface area contributed by atoms with Gasteiger partial charge >= 0.3 is 6.09 Å². The number of rotatable bonds is 7. The Hall–Kier alpha value is -3.55. The van der Waals surface area contributed by atoms with Gasteiger partial charge in [-0.1, -0.05) is 18.2 Å². The van der Waals surface area contributed by atoms with Crippen LogP contribution < -0.4 is 10.3 Å². The molecule has 1 fully saturated rings. The van der Waals surface area contributed by atoms with E-state index in [1.54, 1.807) is 17.9 Å². The van der Waals surface area contributed by atoms with Crippen molar-refractivity contribution in [2.45, 2.75) is 78.9 Å². The van der Waals surface area contributed by atoms with Crippen molar-refractivity contribution in [3.63, 3.8) is 0 Å². The number of piperidine rings is 1. The predicted octanol–water partition coefficient (Wildman–Crippen LogP) is 5.98. The van der Waals surface area contributed by atoms with Crippen LogP contribution in [0.2, 0.25) is 0 Å². The first-order valence-corrected chi connectivity index (χ1v) is 13.8. The van der Waals surface area contributed by atoms with Gasteiger partial charge in [-0.2, -0.15) is 0 Å². The molecule has 3 aromatic rings. The molecule has 39 heavy (non-hydrogen) atoms. The SMILES string of the molecule is COc1cc(C)[nH]c(=O)c1CCC(=O)c1c(C)n([C@H](C)C2CCN(C(=O)OC(C)(C)C)CC2)c2ccccc12. The number of ketones is 1. The lowest BCUT2D eigenvalue weighted by atomic mass is 9.90. The summed E-state index contributed by atoms with van der Waals surface area (Å²) in [5.41, 5.74) is 3.17. The maximum absolute atomic E-state index is 13.7. The Kier molecular flexibility index (Phi) is 8.23. The first kappa shape index (κ1) is 28.5. The number of aromatic nitrogens is 2. The number of fused-ring (bicyclic) bond motifs is 1. The van der Waals surface area contributed by atoms with Crippen LogP contribution in [0, 0.1) is 19.8 Å². The van der Waals surface area contributed by atoms with Crippen molar-refractivity contribution in [2.75, 3.05) is 20.2 Å². The van der Waals surface area contributed by atoms with Gasteiger partial charge in [0.1, 0.15) is 11.4 Å². The average molecular weight is 536 g/mol. The number of hydrogen-bond donors (Lipinski definition) is 1. The van der Waals surface area contributed by atoms with E-state index in [1.165, 1.54) is 7.11 Å². The lowest BCUT2D eigenvalue weighted by Crippen LogP contribution is -2.42. The summed E-state index contributed by atoms with van der Waals surface area (Å²) in [4.78, 5) is 43.4. The lowest BCUT2D eigenvalue weighted by molar-refractivity contribution is 0.0165. The van der Waals surface area contributed by atoms with Crippen LogP contribution in [0.15, 0.2) is 35.1 Å². The van der Waals surface area contributed by atoms with Crippen molar-refractivity contribution >= 4 is 22.8 Å². The standard InChI is InChI=1S/C31H41N3O5/c1-19-18-27(38-7)24(29(36)32-19)12-13-26(35)28-21(3)34(25-11-9-8-10-23(25)28)20(2)22-14-16-33(17-15-22)30(37)39-31(4,5)6/h8-11,18,20,22H,12-17H2,1-7H3,(H,32,36)/t20-/m1/s1. The fraction of sp³-hybridized carbons (Fsp3) is 0.516. The fourth-order valence-electron chi connectivity index (χ4n) is 5.84. The number of carbonyl (C=O) groups is 2. The molecule has 0 aliphatic carbocycles. The largest absolute Gasteiger partial charge is 0.496 e. The van der Waals surface area contributed by atoms with Crippen molar-refractivity contribution in [1.82, 2.24) is 14.5 Å². The monoisotopic (exact) mass is 535 g/mol. The van der Waals surface area contributed by atoms with Gasteiger partial charge in [0, 0.05) is 53.4 Å². The van der Waals surface area contributed by atoms with Gasteiger partial charge in [-0.3, -0.25) is 9.59 Å². The Bertz CT molecular complexity index is 1420. The molecule has 0 radical (unpaired) electrons. The number of nitrogens with zero attached hydrogens (tertiary/aromatic N) is 2. The van der Waals surface area contributed by atoms with E-state index in [0.29, 0.717) is 42.3 Å². The van der Waals surface area contributed by atoms with Gasteiger partial charge in [0.15, 0.2) is 5.78 Å². The molecule has 0 unspecified atom stereocenters. The number of Topliss-reactive ketones (excluding diaryl/α,β-unsaturated/α-hetero) is 1. The van der Waals surface area contributed by atoms with E-state index in [-0.39, 0.29) is 29.9 Å². The lowest BCUT2D eigenvalue weighted by Gasteiger charge is -2.36. The quantitative estimate of drug-likeness (QED) is 0.376. The van der Waals surface area contributed by atoms with Gasteiger partial charge in [-0.15, -0.1) is 0 Å². The first-order valence-electron chi connectivity index (χ1n) is 13.8. The number of hydrogen-bond acceptors (Lipinski definition) is 5. The van der Waals surface area contributed by atoms with E-state index in [4.69, 9.17) is 9.47 Å². The van der Waals surface area contributed by atoms with Crippen LogP contribution in [0.4, 0.5) is 4.79 Å². The number of aryl methyl sites for hydroxylation is 1. The van der Waals surface area contributed by atoms with E-state index in [1.807, 2.05) is 45.9 Å². The highest BCUT2D eigenvalue weighted by molar-refractivity contribution is 6.09. The van der Waals surface area contributed by atoms with Crippen LogP contribution in [0.5, 0.6) is 5.75 Å². The van der Waals surface area contributed by atoms with Gasteiger partial charge in [-0.25, -0.2) is 4.79 Å². The number of amides is 1. The number of benzene rings is 1. The van der Waals surface area contributed by atoms with Gasteiger partial charge in [-0.05, 0) is 78.9 Å². The van der Waals surface area contributed by atoms with Crippen molar-refractivity contribution in [3.05, 3.63) is 63.2 Å². The topological polar surface area (TPSA) is 93.6 Å². The second kappa shape index (κ2) is 11.3. The van der Waals surface area contributed by atoms with Crippen LogP contribution in [0.1, 0.15) is 80.3 Å². The van der Waals surface area contributed by atoms with Gasteiger partial charge in [0.2, 0.25) is 0 Å². The molecule has 1 aromatic carbocycles. The Morgan fingerprint density at radius 1 is 1.13 bits per heavy atom. The molecule has 8 nitrogen and oxygen atoms in total. The molecule has 1 aliphatic rings. The van der Waals surface area contributed by atoms with Crippen molar-refractivity contribution in [2.24, 2.45) is 5.92 Å². The molecule has 0 bridgehead atoms. The third kappa shape index (κ3) is 6.05. The maximum atomic E-state index is 13.7. The Labute approximate surface area is 230 Å². The normalized spacial score (nSPS) is 15.4. The summed E-state index contributed by atoms with van der Waals surface area (Å²) >= 11 is 0. The van der Waals surface area contributed by atoms with E-state index < -0.39 is 5.60 Å². The Morgan fingerprint density at radius 2 is 1.79 bits per heavy atom. The maximum Gasteiger partial charge on any atom is 0.410 e. The number of pyridine rings is 1. The van der Waals surface area contributed by atoms with Crippen LogP contribution in [-0.4, -0.2) is 52.1 Å². The van der Waals surface area contributed by atoms with Gasteiger partial charge in [0.05, 0.1) is 12.7 Å². The van der Waals surface area contributed by atoms with E-state index in [0.717, 1.165) is 35.1 Å². The zero-order chi connectivity index (χ0) is 28.5. The zero-order valence-corrected chi connectivity index (χ0v) is 24.2. The molecule has 0 saturated carbocycles. The summed E-state index contributed by atoms with van der Waals surface area (Å²) in [7, 11) is 1.54. The molecule has 4 rings (SSSR count). The van der Waals surface area contributed by atoms with Crippen LogP contribution in [0.3, 0.4) is 0 Å². The van der Waals surface area contributed by atoms with Crippen LogP contribution >= 0.6 is 0 Å².